The predicted octanol–water partition coefficient (Wildman–Crippen LogP) is 4.33. The van der Waals surface area contributed by atoms with Gasteiger partial charge < -0.3 is 4.84 Å². The summed E-state index contributed by atoms with van der Waals surface area (Å²) in [6.07, 6.45) is 1.06. The maximum Gasteiger partial charge on any atom is 0.335 e. The second-order valence-corrected chi connectivity index (χ2v) is 5.27. The predicted molar refractivity (Wildman–Crippen MR) is 91.7 cm³/mol. The van der Waals surface area contributed by atoms with Gasteiger partial charge in [-0.25, -0.2) is 4.79 Å². The molecule has 6 heteroatoms. The quantitative estimate of drug-likeness (QED) is 0.342. The van der Waals surface area contributed by atoms with Gasteiger partial charge in [-0.15, -0.1) is 0 Å². The molecule has 0 N–H and O–H groups in total. The number of non-ortho nitro benzene ring substituents is 1. The molecule has 0 aliphatic carbocycles. The molecule has 0 unspecified atom stereocenters. The van der Waals surface area contributed by atoms with Crippen LogP contribution in [0.3, 0.4) is 0 Å². The third-order valence-corrected chi connectivity index (χ3v) is 3.45. The largest absolute Gasteiger partial charge is 0.335 e. The number of hydrogen-bond acceptors (Lipinski definition) is 5. The molecule has 124 valence electrons. The standard InChI is InChI=1S/C18H18N2O4/c1-3-4-18(21)24-19-13(2)14-5-7-15(8-6-14)16-9-11-17(12-10-16)20(22)23/h5-12H,3-4H2,1-2H3/b19-13+. The topological polar surface area (TPSA) is 81.8 Å². The molecule has 24 heavy (non-hydrogen) atoms. The number of carbonyl (C=O) groups is 1. The van der Waals surface area contributed by atoms with Crippen molar-refractivity contribution in [3.63, 3.8) is 0 Å². The number of rotatable bonds is 6. The van der Waals surface area contributed by atoms with Crippen LogP contribution in [-0.4, -0.2) is 16.6 Å². The van der Waals surface area contributed by atoms with Crippen LogP contribution in [0.15, 0.2) is 53.7 Å². The monoisotopic (exact) mass is 326 g/mol. The maximum absolute atomic E-state index is 11.3. The van der Waals surface area contributed by atoms with Gasteiger partial charge in [0.25, 0.3) is 5.69 Å². The molecule has 0 saturated heterocycles. The average Bonchev–Trinajstić information content (AvgIpc) is 2.60. The highest BCUT2D eigenvalue weighted by Crippen LogP contribution is 2.23. The number of benzene rings is 2. The lowest BCUT2D eigenvalue weighted by molar-refractivity contribution is -0.384. The highest BCUT2D eigenvalue weighted by atomic mass is 16.7. The number of oxime groups is 1. The number of nitro benzene ring substituents is 1. The SMILES string of the molecule is CCCC(=O)O/N=C(\C)c1ccc(-c2ccc([N+](=O)[O-])cc2)cc1. The van der Waals surface area contributed by atoms with Crippen LogP contribution >= 0.6 is 0 Å². The molecule has 0 aliphatic heterocycles. The minimum atomic E-state index is -0.424. The van der Waals surface area contributed by atoms with Gasteiger partial charge in [0, 0.05) is 18.6 Å². The molecule has 2 aromatic rings. The first-order chi connectivity index (χ1) is 11.5. The minimum absolute atomic E-state index is 0.0623. The molecule has 6 nitrogen and oxygen atoms in total. The molecule has 0 aromatic heterocycles. The van der Waals surface area contributed by atoms with Gasteiger partial charge in [0.1, 0.15) is 0 Å². The summed E-state index contributed by atoms with van der Waals surface area (Å²) in [6, 6.07) is 13.9. The molecule has 0 saturated carbocycles. The van der Waals surface area contributed by atoms with Crippen molar-refractivity contribution in [2.24, 2.45) is 5.16 Å². The summed E-state index contributed by atoms with van der Waals surface area (Å²) in [7, 11) is 0. The Balaban J connectivity index is 2.11. The highest BCUT2D eigenvalue weighted by molar-refractivity contribution is 5.99. The van der Waals surface area contributed by atoms with E-state index < -0.39 is 4.92 Å². The van der Waals surface area contributed by atoms with Crippen LogP contribution in [0, 0.1) is 10.1 Å². The van der Waals surface area contributed by atoms with Crippen molar-refractivity contribution in [1.82, 2.24) is 0 Å². The molecule has 0 bridgehead atoms. The van der Waals surface area contributed by atoms with E-state index in [9.17, 15) is 14.9 Å². The Kier molecular flexibility index (Phi) is 5.78. The maximum atomic E-state index is 11.3. The van der Waals surface area contributed by atoms with Gasteiger partial charge in [0.15, 0.2) is 0 Å². The Hall–Kier alpha value is -3.02. The normalized spacial score (nSPS) is 11.2. The lowest BCUT2D eigenvalue weighted by Crippen LogP contribution is -2.02. The van der Waals surface area contributed by atoms with Crippen LogP contribution < -0.4 is 0 Å². The van der Waals surface area contributed by atoms with Crippen molar-refractivity contribution in [3.05, 3.63) is 64.2 Å². The minimum Gasteiger partial charge on any atom is -0.318 e. The molecule has 0 radical (unpaired) electrons. The van der Waals surface area contributed by atoms with Crippen LogP contribution in [-0.2, 0) is 9.63 Å². The summed E-state index contributed by atoms with van der Waals surface area (Å²) in [6.45, 7) is 3.66. The first-order valence-corrected chi connectivity index (χ1v) is 7.61. The molecule has 0 heterocycles. The van der Waals surface area contributed by atoms with Crippen molar-refractivity contribution in [2.75, 3.05) is 0 Å². The second-order valence-electron chi connectivity index (χ2n) is 5.27. The third-order valence-electron chi connectivity index (χ3n) is 3.45. The lowest BCUT2D eigenvalue weighted by Gasteiger charge is -2.04. The fourth-order valence-electron chi connectivity index (χ4n) is 2.10. The molecule has 0 aliphatic rings. The van der Waals surface area contributed by atoms with E-state index in [2.05, 4.69) is 5.16 Å². The zero-order valence-electron chi connectivity index (χ0n) is 13.6. The summed E-state index contributed by atoms with van der Waals surface area (Å²) in [5.74, 6) is -0.348. The number of hydrogen-bond donors (Lipinski definition) is 0. The van der Waals surface area contributed by atoms with E-state index >= 15 is 0 Å². The molecular formula is C18H18N2O4. The second kappa shape index (κ2) is 8.01. The summed E-state index contributed by atoms with van der Waals surface area (Å²) < 4.78 is 0. The smallest absolute Gasteiger partial charge is 0.318 e. The Morgan fingerprint density at radius 3 is 2.12 bits per heavy atom. The van der Waals surface area contributed by atoms with E-state index in [4.69, 9.17) is 4.84 Å². The highest BCUT2D eigenvalue weighted by Gasteiger charge is 2.06. The third kappa shape index (κ3) is 4.49. The van der Waals surface area contributed by atoms with Crippen LogP contribution in [0.1, 0.15) is 32.3 Å². The van der Waals surface area contributed by atoms with Crippen molar-refractivity contribution < 1.29 is 14.6 Å². The Morgan fingerprint density at radius 2 is 1.62 bits per heavy atom. The Labute approximate surface area is 139 Å². The summed E-state index contributed by atoms with van der Waals surface area (Å²) >= 11 is 0. The molecule has 2 aromatic carbocycles. The van der Waals surface area contributed by atoms with E-state index in [-0.39, 0.29) is 11.7 Å². The number of nitrogens with zero attached hydrogens (tertiary/aromatic N) is 2. The van der Waals surface area contributed by atoms with Gasteiger partial charge in [0.05, 0.1) is 10.6 Å². The van der Waals surface area contributed by atoms with E-state index in [1.54, 1.807) is 19.1 Å². The summed E-state index contributed by atoms with van der Waals surface area (Å²) in [4.78, 5) is 26.4. The lowest BCUT2D eigenvalue weighted by atomic mass is 10.0. The average molecular weight is 326 g/mol. The molecule has 0 atom stereocenters. The van der Waals surface area contributed by atoms with Gasteiger partial charge in [-0.2, -0.15) is 0 Å². The fourth-order valence-corrected chi connectivity index (χ4v) is 2.10. The van der Waals surface area contributed by atoms with Gasteiger partial charge in [-0.05, 0) is 42.2 Å². The molecular weight excluding hydrogens is 308 g/mol. The van der Waals surface area contributed by atoms with Crippen molar-refractivity contribution in [2.45, 2.75) is 26.7 Å². The van der Waals surface area contributed by atoms with Gasteiger partial charge >= 0.3 is 5.97 Å². The zero-order chi connectivity index (χ0) is 17.5. The van der Waals surface area contributed by atoms with E-state index in [0.717, 1.165) is 23.1 Å². The van der Waals surface area contributed by atoms with Crippen LogP contribution in [0.25, 0.3) is 11.1 Å². The first kappa shape index (κ1) is 17.3. The Bertz CT molecular complexity index is 750. The molecule has 0 amide bonds. The summed E-state index contributed by atoms with van der Waals surface area (Å²) in [5, 5.41) is 14.5. The molecule has 0 fully saturated rings. The van der Waals surface area contributed by atoms with E-state index in [1.165, 1.54) is 12.1 Å². The fraction of sp³-hybridized carbons (Fsp3) is 0.222. The summed E-state index contributed by atoms with van der Waals surface area (Å²) in [5.41, 5.74) is 3.33. The van der Waals surface area contributed by atoms with Crippen molar-refractivity contribution in [3.8, 4) is 11.1 Å². The van der Waals surface area contributed by atoms with Gasteiger partial charge in [0.2, 0.25) is 0 Å². The van der Waals surface area contributed by atoms with Crippen LogP contribution in [0.5, 0.6) is 0 Å². The van der Waals surface area contributed by atoms with Crippen LogP contribution in [0.2, 0.25) is 0 Å². The van der Waals surface area contributed by atoms with Gasteiger partial charge in [-0.1, -0.05) is 36.3 Å². The number of nitro groups is 1. The van der Waals surface area contributed by atoms with E-state index in [1.807, 2.05) is 31.2 Å². The van der Waals surface area contributed by atoms with Crippen molar-refractivity contribution in [1.29, 1.82) is 0 Å². The van der Waals surface area contributed by atoms with E-state index in [0.29, 0.717) is 12.1 Å². The Morgan fingerprint density at radius 1 is 1.08 bits per heavy atom. The zero-order valence-corrected chi connectivity index (χ0v) is 13.6. The molecule has 2 rings (SSSR count). The number of carbonyl (C=O) groups excluding carboxylic acids is 1. The first-order valence-electron chi connectivity index (χ1n) is 7.61. The molecule has 0 spiro atoms. The van der Waals surface area contributed by atoms with Gasteiger partial charge in [-0.3, -0.25) is 10.1 Å². The van der Waals surface area contributed by atoms with Crippen molar-refractivity contribution >= 4 is 17.4 Å². The van der Waals surface area contributed by atoms with Crippen LogP contribution in [0.4, 0.5) is 5.69 Å².